The fourth-order valence-corrected chi connectivity index (χ4v) is 1.76. The molecule has 1 unspecified atom stereocenters. The van der Waals surface area contributed by atoms with Crippen LogP contribution in [0.2, 0.25) is 0 Å². The normalized spacial score (nSPS) is 12.6. The number of nitrogens with one attached hydrogen (secondary N) is 1. The quantitative estimate of drug-likeness (QED) is 0.752. The molecule has 0 fully saturated rings. The third-order valence-electron chi connectivity index (χ3n) is 2.83. The van der Waals surface area contributed by atoms with Crippen LogP contribution in [0.3, 0.4) is 0 Å². The highest BCUT2D eigenvalue weighted by molar-refractivity contribution is 5.61. The summed E-state index contributed by atoms with van der Waals surface area (Å²) in [7, 11) is 1.63. The Bertz CT molecular complexity index is 337. The van der Waals surface area contributed by atoms with Crippen molar-refractivity contribution in [3.63, 3.8) is 0 Å². The maximum Gasteiger partial charge on any atom is 0.143 e. The minimum atomic E-state index is 0.480. The number of rotatable bonds is 5. The molecule has 1 aromatic carbocycles. The lowest BCUT2D eigenvalue weighted by atomic mass is 10.0. The molecule has 90 valence electrons. The molecule has 16 heavy (non-hydrogen) atoms. The van der Waals surface area contributed by atoms with Crippen molar-refractivity contribution in [1.82, 2.24) is 0 Å². The standard InChI is InChI=1S/C13H22N2O/c1-5-12(9(2)3)15-10-6-7-11(14)13(8-10)16-4/h6-9,12,15H,5,14H2,1-4H3. The maximum atomic E-state index is 5.77. The molecule has 1 atom stereocenters. The summed E-state index contributed by atoms with van der Waals surface area (Å²) in [4.78, 5) is 0. The van der Waals surface area contributed by atoms with Gasteiger partial charge in [0.1, 0.15) is 5.75 Å². The molecule has 0 bridgehead atoms. The molecular formula is C13H22N2O. The lowest BCUT2D eigenvalue weighted by molar-refractivity contribution is 0.417. The van der Waals surface area contributed by atoms with Crippen LogP contribution in [0.5, 0.6) is 5.75 Å². The summed E-state index contributed by atoms with van der Waals surface area (Å²) in [5.74, 6) is 1.33. The maximum absolute atomic E-state index is 5.77. The van der Waals surface area contributed by atoms with E-state index in [-0.39, 0.29) is 0 Å². The number of benzene rings is 1. The Kier molecular flexibility index (Phi) is 4.47. The molecule has 0 saturated carbocycles. The first-order valence-corrected chi connectivity index (χ1v) is 5.78. The summed E-state index contributed by atoms with van der Waals surface area (Å²) in [6, 6.07) is 6.28. The topological polar surface area (TPSA) is 47.3 Å². The van der Waals surface area contributed by atoms with Gasteiger partial charge in [0.05, 0.1) is 12.8 Å². The highest BCUT2D eigenvalue weighted by atomic mass is 16.5. The predicted octanol–water partition coefficient (Wildman–Crippen LogP) is 3.12. The van der Waals surface area contributed by atoms with E-state index >= 15 is 0 Å². The zero-order valence-electron chi connectivity index (χ0n) is 10.6. The molecule has 3 nitrogen and oxygen atoms in total. The zero-order valence-corrected chi connectivity index (χ0v) is 10.6. The predicted molar refractivity (Wildman–Crippen MR) is 69.9 cm³/mol. The van der Waals surface area contributed by atoms with E-state index < -0.39 is 0 Å². The van der Waals surface area contributed by atoms with Crippen molar-refractivity contribution in [3.8, 4) is 5.75 Å². The van der Waals surface area contributed by atoms with Crippen LogP contribution >= 0.6 is 0 Å². The van der Waals surface area contributed by atoms with Crippen LogP contribution in [-0.4, -0.2) is 13.2 Å². The highest BCUT2D eigenvalue weighted by Crippen LogP contribution is 2.26. The van der Waals surface area contributed by atoms with Crippen LogP contribution in [0.25, 0.3) is 0 Å². The van der Waals surface area contributed by atoms with E-state index in [1.54, 1.807) is 7.11 Å². The number of hydrogen-bond acceptors (Lipinski definition) is 3. The molecule has 0 heterocycles. The van der Waals surface area contributed by atoms with Crippen molar-refractivity contribution in [1.29, 1.82) is 0 Å². The van der Waals surface area contributed by atoms with Crippen molar-refractivity contribution in [3.05, 3.63) is 18.2 Å². The van der Waals surface area contributed by atoms with Gasteiger partial charge in [-0.3, -0.25) is 0 Å². The summed E-state index contributed by atoms with van der Waals surface area (Å²) in [5.41, 5.74) is 7.50. The Morgan fingerprint density at radius 1 is 1.38 bits per heavy atom. The molecular weight excluding hydrogens is 200 g/mol. The Morgan fingerprint density at radius 3 is 2.56 bits per heavy atom. The fourth-order valence-electron chi connectivity index (χ4n) is 1.76. The Balaban J connectivity index is 2.80. The molecule has 0 aliphatic rings. The molecule has 3 N–H and O–H groups in total. The van der Waals surface area contributed by atoms with Gasteiger partial charge in [0.25, 0.3) is 0 Å². The van der Waals surface area contributed by atoms with Crippen molar-refractivity contribution in [2.24, 2.45) is 5.92 Å². The SMILES string of the molecule is CCC(Nc1ccc(N)c(OC)c1)C(C)C. The summed E-state index contributed by atoms with van der Waals surface area (Å²) in [6.45, 7) is 6.62. The van der Waals surface area contributed by atoms with Gasteiger partial charge >= 0.3 is 0 Å². The molecule has 0 aliphatic heterocycles. The number of methoxy groups -OCH3 is 1. The van der Waals surface area contributed by atoms with Gasteiger partial charge in [0.15, 0.2) is 0 Å². The second-order valence-electron chi connectivity index (χ2n) is 4.36. The van der Waals surface area contributed by atoms with E-state index in [4.69, 9.17) is 10.5 Å². The van der Waals surface area contributed by atoms with E-state index in [2.05, 4.69) is 26.1 Å². The summed E-state index contributed by atoms with van der Waals surface area (Å²) in [6.07, 6.45) is 1.10. The largest absolute Gasteiger partial charge is 0.495 e. The average Bonchev–Trinajstić information content (AvgIpc) is 2.27. The molecule has 0 spiro atoms. The second kappa shape index (κ2) is 5.64. The molecule has 0 aliphatic carbocycles. The van der Waals surface area contributed by atoms with Crippen molar-refractivity contribution < 1.29 is 4.74 Å². The van der Waals surface area contributed by atoms with Crippen molar-refractivity contribution in [2.45, 2.75) is 33.2 Å². The van der Waals surface area contributed by atoms with Crippen molar-refractivity contribution in [2.75, 3.05) is 18.2 Å². The lowest BCUT2D eigenvalue weighted by Crippen LogP contribution is -2.24. The van der Waals surface area contributed by atoms with Gasteiger partial charge < -0.3 is 15.8 Å². The minimum Gasteiger partial charge on any atom is -0.495 e. The highest BCUT2D eigenvalue weighted by Gasteiger charge is 2.11. The minimum absolute atomic E-state index is 0.480. The molecule has 1 aromatic rings. The van der Waals surface area contributed by atoms with E-state index in [1.165, 1.54) is 0 Å². The Morgan fingerprint density at radius 2 is 2.06 bits per heavy atom. The van der Waals surface area contributed by atoms with E-state index in [9.17, 15) is 0 Å². The summed E-state index contributed by atoms with van der Waals surface area (Å²) in [5, 5.41) is 3.49. The van der Waals surface area contributed by atoms with Gasteiger partial charge in [0.2, 0.25) is 0 Å². The average molecular weight is 222 g/mol. The molecule has 0 aromatic heterocycles. The fraction of sp³-hybridized carbons (Fsp3) is 0.538. The number of nitrogens with two attached hydrogens (primary N) is 1. The van der Waals surface area contributed by atoms with Gasteiger partial charge in [0, 0.05) is 17.8 Å². The van der Waals surface area contributed by atoms with Gasteiger partial charge in [-0.15, -0.1) is 0 Å². The van der Waals surface area contributed by atoms with Crippen molar-refractivity contribution >= 4 is 11.4 Å². The Labute approximate surface area is 98.0 Å². The van der Waals surface area contributed by atoms with Gasteiger partial charge in [-0.05, 0) is 24.5 Å². The van der Waals surface area contributed by atoms with Crippen LogP contribution in [0, 0.1) is 5.92 Å². The zero-order chi connectivity index (χ0) is 12.1. The van der Waals surface area contributed by atoms with E-state index in [0.29, 0.717) is 17.6 Å². The molecule has 0 amide bonds. The van der Waals surface area contributed by atoms with Gasteiger partial charge in [-0.25, -0.2) is 0 Å². The second-order valence-corrected chi connectivity index (χ2v) is 4.36. The van der Waals surface area contributed by atoms with Crippen LogP contribution < -0.4 is 15.8 Å². The van der Waals surface area contributed by atoms with Crippen LogP contribution in [0.1, 0.15) is 27.2 Å². The first-order valence-electron chi connectivity index (χ1n) is 5.78. The van der Waals surface area contributed by atoms with E-state index in [1.807, 2.05) is 18.2 Å². The first-order chi connectivity index (χ1) is 7.58. The third-order valence-corrected chi connectivity index (χ3v) is 2.83. The van der Waals surface area contributed by atoms with Crippen LogP contribution in [-0.2, 0) is 0 Å². The van der Waals surface area contributed by atoms with Gasteiger partial charge in [-0.1, -0.05) is 20.8 Å². The molecule has 1 rings (SSSR count). The monoisotopic (exact) mass is 222 g/mol. The Hall–Kier alpha value is -1.38. The number of anilines is 2. The molecule has 0 saturated heterocycles. The third kappa shape index (κ3) is 3.05. The first kappa shape index (κ1) is 12.7. The summed E-state index contributed by atoms with van der Waals surface area (Å²) < 4.78 is 5.20. The molecule has 3 heteroatoms. The smallest absolute Gasteiger partial charge is 0.143 e. The number of nitrogen functional groups attached to an aromatic ring is 1. The lowest BCUT2D eigenvalue weighted by Gasteiger charge is -2.22. The molecule has 0 radical (unpaired) electrons. The van der Waals surface area contributed by atoms with Crippen LogP contribution in [0.15, 0.2) is 18.2 Å². The van der Waals surface area contributed by atoms with Crippen LogP contribution in [0.4, 0.5) is 11.4 Å². The van der Waals surface area contributed by atoms with E-state index in [0.717, 1.165) is 17.9 Å². The number of ether oxygens (including phenoxy) is 1. The summed E-state index contributed by atoms with van der Waals surface area (Å²) >= 11 is 0. The number of hydrogen-bond donors (Lipinski definition) is 2. The van der Waals surface area contributed by atoms with Gasteiger partial charge in [-0.2, -0.15) is 0 Å².